The molecule has 4 rings (SSSR count). The largest absolute Gasteiger partial charge is 0.416 e. The summed E-state index contributed by atoms with van der Waals surface area (Å²) in [6.45, 7) is -1.91. The van der Waals surface area contributed by atoms with Crippen molar-refractivity contribution in [1.29, 1.82) is 0 Å². The lowest BCUT2D eigenvalue weighted by atomic mass is 9.89. The average Bonchev–Trinajstić information content (AvgIpc) is 2.95. The Morgan fingerprint density at radius 1 is 0.600 bits per heavy atom. The van der Waals surface area contributed by atoms with Crippen molar-refractivity contribution >= 4 is 0 Å². The zero-order valence-electron chi connectivity index (χ0n) is 23.8. The van der Waals surface area contributed by atoms with Gasteiger partial charge in [0.25, 0.3) is 0 Å². The molecule has 2 saturated heterocycles. The van der Waals surface area contributed by atoms with Crippen LogP contribution in [0.2, 0.25) is 0 Å². The highest BCUT2D eigenvalue weighted by molar-refractivity contribution is 5.30. The molecule has 3 nitrogen and oxygen atoms in total. The molecule has 2 aromatic carbocycles. The number of benzene rings is 2. The molecule has 0 saturated carbocycles. The van der Waals surface area contributed by atoms with Gasteiger partial charge in [-0.05, 0) is 73.9 Å². The van der Waals surface area contributed by atoms with Gasteiger partial charge in [-0.15, -0.1) is 0 Å². The van der Waals surface area contributed by atoms with Crippen molar-refractivity contribution in [3.05, 3.63) is 70.8 Å². The molecule has 2 aliphatic rings. The first-order valence-electron chi connectivity index (χ1n) is 14.4. The third-order valence-corrected chi connectivity index (χ3v) is 8.29. The first-order valence-corrected chi connectivity index (χ1v) is 14.4. The number of halogens is 12. The van der Waals surface area contributed by atoms with Gasteiger partial charge in [-0.1, -0.05) is 36.4 Å². The van der Waals surface area contributed by atoms with Gasteiger partial charge in [0.1, 0.15) is 0 Å². The molecule has 0 radical (unpaired) electrons. The van der Waals surface area contributed by atoms with E-state index in [1.165, 1.54) is 34.1 Å². The van der Waals surface area contributed by atoms with Gasteiger partial charge in [0, 0.05) is 26.2 Å². The number of nitrogens with zero attached hydrogens (tertiary/aromatic N) is 2. The molecule has 0 amide bonds. The number of hydrogen-bond acceptors (Lipinski definition) is 3. The lowest BCUT2D eigenvalue weighted by Crippen LogP contribution is -2.52. The first-order chi connectivity index (χ1) is 20.8. The van der Waals surface area contributed by atoms with Crippen LogP contribution in [0.25, 0.3) is 0 Å². The standard InChI is InChI=1S/C30H32F12N2O/c31-27(32,33)23-9-1-5-19(13-23)21-7-3-11-43(15-21)17-25(29(37,38)39)45-26(30(40,41)42)18-44-12-4-8-22(16-44)20-6-2-10-24(14-20)28(34,35)36/h1-2,5-6,9-10,13-14,21-22,25-26H,3-4,7-8,11-12,15-18H2/t21?,22?,25-,26-/m0/s1. The Labute approximate surface area is 252 Å². The molecule has 2 unspecified atom stereocenters. The van der Waals surface area contributed by atoms with Crippen LogP contribution in [0.1, 0.15) is 59.8 Å². The number of alkyl halides is 12. The minimum absolute atomic E-state index is 0.0902. The maximum atomic E-state index is 14.1. The molecule has 2 fully saturated rings. The molecule has 0 N–H and O–H groups in total. The third kappa shape index (κ3) is 9.74. The Morgan fingerprint density at radius 2 is 0.978 bits per heavy atom. The molecule has 0 spiro atoms. The first kappa shape index (κ1) is 35.3. The van der Waals surface area contributed by atoms with Crippen LogP contribution >= 0.6 is 0 Å². The molecular weight excluding hydrogens is 632 g/mol. The van der Waals surface area contributed by atoms with Crippen molar-refractivity contribution < 1.29 is 57.4 Å². The predicted octanol–water partition coefficient (Wildman–Crippen LogP) is 8.66. The molecule has 2 aromatic rings. The van der Waals surface area contributed by atoms with Crippen molar-refractivity contribution in [1.82, 2.24) is 9.80 Å². The Morgan fingerprint density at radius 3 is 1.31 bits per heavy atom. The molecule has 15 heteroatoms. The van der Waals surface area contributed by atoms with E-state index < -0.39 is 73.0 Å². The van der Waals surface area contributed by atoms with E-state index >= 15 is 0 Å². The quantitative estimate of drug-likeness (QED) is 0.263. The van der Waals surface area contributed by atoms with E-state index in [1.54, 1.807) is 0 Å². The lowest BCUT2D eigenvalue weighted by Gasteiger charge is -2.39. The molecule has 0 aromatic heterocycles. The Kier molecular flexibility index (Phi) is 10.7. The van der Waals surface area contributed by atoms with Gasteiger partial charge < -0.3 is 4.74 Å². The van der Waals surface area contributed by atoms with E-state index in [4.69, 9.17) is 4.74 Å². The van der Waals surface area contributed by atoms with E-state index in [-0.39, 0.29) is 37.3 Å². The second-order valence-corrected chi connectivity index (χ2v) is 11.6. The van der Waals surface area contributed by atoms with Crippen molar-refractivity contribution in [3.8, 4) is 0 Å². The Balaban J connectivity index is 1.45. The maximum absolute atomic E-state index is 14.1. The number of hydrogen-bond donors (Lipinski definition) is 0. The molecule has 4 atom stereocenters. The van der Waals surface area contributed by atoms with Crippen LogP contribution in [0.15, 0.2) is 48.5 Å². The number of piperidine rings is 2. The molecule has 2 aliphatic heterocycles. The summed E-state index contributed by atoms with van der Waals surface area (Å²) in [6, 6.07) is 8.87. The van der Waals surface area contributed by atoms with E-state index in [0.717, 1.165) is 24.3 Å². The summed E-state index contributed by atoms with van der Waals surface area (Å²) in [5.74, 6) is -1.12. The monoisotopic (exact) mass is 664 g/mol. The lowest BCUT2D eigenvalue weighted by molar-refractivity contribution is -0.290. The summed E-state index contributed by atoms with van der Waals surface area (Å²) in [5.41, 5.74) is -1.27. The van der Waals surface area contributed by atoms with Crippen molar-refractivity contribution in [2.24, 2.45) is 0 Å². The Hall–Kier alpha value is -2.52. The molecule has 0 bridgehead atoms. The van der Waals surface area contributed by atoms with E-state index in [0.29, 0.717) is 25.7 Å². The normalized spacial score (nSPS) is 22.8. The van der Waals surface area contributed by atoms with Gasteiger partial charge in [0.2, 0.25) is 0 Å². The second-order valence-electron chi connectivity index (χ2n) is 11.6. The van der Waals surface area contributed by atoms with Gasteiger partial charge in [-0.25, -0.2) is 0 Å². The fourth-order valence-electron chi connectivity index (χ4n) is 6.04. The minimum Gasteiger partial charge on any atom is -0.353 e. The van der Waals surface area contributed by atoms with Crippen LogP contribution in [-0.4, -0.2) is 73.6 Å². The van der Waals surface area contributed by atoms with Crippen LogP contribution in [-0.2, 0) is 17.1 Å². The number of likely N-dealkylation sites (tertiary alicyclic amines) is 2. The van der Waals surface area contributed by atoms with Crippen LogP contribution in [0.5, 0.6) is 0 Å². The van der Waals surface area contributed by atoms with Crippen LogP contribution in [0, 0.1) is 0 Å². The Bertz CT molecular complexity index is 1160. The summed E-state index contributed by atoms with van der Waals surface area (Å²) in [6.07, 6.45) is -23.9. The topological polar surface area (TPSA) is 15.7 Å². The highest BCUT2D eigenvalue weighted by atomic mass is 19.4. The minimum atomic E-state index is -5.19. The van der Waals surface area contributed by atoms with Crippen LogP contribution in [0.4, 0.5) is 52.7 Å². The summed E-state index contributed by atoms with van der Waals surface area (Å²) in [4.78, 5) is 2.51. The molecule has 45 heavy (non-hydrogen) atoms. The van der Waals surface area contributed by atoms with Crippen LogP contribution < -0.4 is 0 Å². The van der Waals surface area contributed by atoms with Gasteiger partial charge in [-0.2, -0.15) is 52.7 Å². The van der Waals surface area contributed by atoms with Gasteiger partial charge in [-0.3, -0.25) is 9.80 Å². The highest BCUT2D eigenvalue weighted by Crippen LogP contribution is 2.37. The SMILES string of the molecule is FC(F)(F)c1cccc(C2CCCN(C[C@H](O[C@@H](CN3CCCC(c4cccc(C(F)(F)F)c4)C3)C(F)(F)F)C(F)(F)F)C2)c1. The average molecular weight is 665 g/mol. The zero-order chi connectivity index (χ0) is 33.2. The summed E-state index contributed by atoms with van der Waals surface area (Å²) in [7, 11) is 0. The maximum Gasteiger partial charge on any atom is 0.416 e. The molecular formula is C30H32F12N2O. The molecule has 252 valence electrons. The molecule has 2 heterocycles. The van der Waals surface area contributed by atoms with Gasteiger partial charge >= 0.3 is 24.7 Å². The second kappa shape index (κ2) is 13.7. The smallest absolute Gasteiger partial charge is 0.353 e. The fourth-order valence-corrected chi connectivity index (χ4v) is 6.04. The van der Waals surface area contributed by atoms with Gasteiger partial charge in [0.05, 0.1) is 11.1 Å². The van der Waals surface area contributed by atoms with Crippen LogP contribution in [0.3, 0.4) is 0 Å². The summed E-state index contributed by atoms with van der Waals surface area (Å²) >= 11 is 0. The van der Waals surface area contributed by atoms with Crippen molar-refractivity contribution in [2.45, 2.75) is 74.4 Å². The number of ether oxygens (including phenoxy) is 1. The van der Waals surface area contributed by atoms with Crippen molar-refractivity contribution in [3.63, 3.8) is 0 Å². The highest BCUT2D eigenvalue weighted by Gasteiger charge is 2.50. The summed E-state index contributed by atoms with van der Waals surface area (Å²) < 4.78 is 168. The molecule has 0 aliphatic carbocycles. The zero-order valence-corrected chi connectivity index (χ0v) is 23.8. The van der Waals surface area contributed by atoms with E-state index in [1.807, 2.05) is 0 Å². The van der Waals surface area contributed by atoms with Crippen molar-refractivity contribution in [2.75, 3.05) is 39.3 Å². The fraction of sp³-hybridized carbons (Fsp3) is 0.600. The summed E-state index contributed by atoms with van der Waals surface area (Å²) in [5, 5.41) is 0. The third-order valence-electron chi connectivity index (χ3n) is 8.29. The van der Waals surface area contributed by atoms with E-state index in [9.17, 15) is 52.7 Å². The van der Waals surface area contributed by atoms with E-state index in [2.05, 4.69) is 0 Å². The van der Waals surface area contributed by atoms with Gasteiger partial charge in [0.15, 0.2) is 12.2 Å². The number of rotatable bonds is 8. The predicted molar refractivity (Wildman–Crippen MR) is 140 cm³/mol.